The second-order valence-electron chi connectivity index (χ2n) is 3.22. The second kappa shape index (κ2) is 4.12. The minimum atomic E-state index is -5.17. The maximum atomic E-state index is 12.3. The third kappa shape index (κ3) is 3.35. The molecular weight excluding hydrogens is 290 g/mol. The smallest absolute Gasteiger partial charge is 0.282 e. The number of halogens is 6. The standard InChI is InChI=1S/C8H4F6O3S/c9-7(10,11)4-1-5(8(12,13)14)3-6(2-4)18(15,16)17/h1-3H,(H,15,16,17). The maximum absolute atomic E-state index is 12.3. The Balaban J connectivity index is 3.60. The Hall–Kier alpha value is -1.29. The van der Waals surface area contributed by atoms with Crippen molar-refractivity contribution in [3.8, 4) is 0 Å². The molecule has 1 N–H and O–H groups in total. The van der Waals surface area contributed by atoms with E-state index < -0.39 is 38.5 Å². The largest absolute Gasteiger partial charge is 0.416 e. The Kier molecular flexibility index (Phi) is 3.38. The van der Waals surface area contributed by atoms with E-state index in [-0.39, 0.29) is 18.2 Å². The highest BCUT2D eigenvalue weighted by atomic mass is 32.2. The van der Waals surface area contributed by atoms with Crippen LogP contribution < -0.4 is 0 Å². The minimum Gasteiger partial charge on any atom is -0.282 e. The molecule has 0 spiro atoms. The van der Waals surface area contributed by atoms with Crippen LogP contribution in [-0.4, -0.2) is 13.0 Å². The summed E-state index contributed by atoms with van der Waals surface area (Å²) in [7, 11) is -5.17. The fourth-order valence-corrected chi connectivity index (χ4v) is 1.63. The zero-order chi connectivity index (χ0) is 14.4. The van der Waals surface area contributed by atoms with Crippen LogP contribution in [0.3, 0.4) is 0 Å². The first kappa shape index (κ1) is 14.8. The van der Waals surface area contributed by atoms with E-state index in [1.807, 2.05) is 0 Å². The van der Waals surface area contributed by atoms with Crippen molar-refractivity contribution in [1.29, 1.82) is 0 Å². The van der Waals surface area contributed by atoms with Gasteiger partial charge < -0.3 is 0 Å². The van der Waals surface area contributed by atoms with Gasteiger partial charge in [0.15, 0.2) is 0 Å². The summed E-state index contributed by atoms with van der Waals surface area (Å²) in [4.78, 5) is -1.47. The molecule has 10 heteroatoms. The zero-order valence-electron chi connectivity index (χ0n) is 8.17. The summed E-state index contributed by atoms with van der Waals surface area (Å²) in [5.74, 6) is 0. The minimum absolute atomic E-state index is 0.0788. The number of hydrogen-bond donors (Lipinski definition) is 1. The van der Waals surface area contributed by atoms with E-state index in [4.69, 9.17) is 4.55 Å². The van der Waals surface area contributed by atoms with E-state index in [2.05, 4.69) is 0 Å². The molecule has 0 atom stereocenters. The van der Waals surface area contributed by atoms with Gasteiger partial charge in [0, 0.05) is 0 Å². The molecule has 102 valence electrons. The molecule has 0 aromatic heterocycles. The van der Waals surface area contributed by atoms with E-state index >= 15 is 0 Å². The van der Waals surface area contributed by atoms with Gasteiger partial charge in [0.2, 0.25) is 0 Å². The molecule has 0 bridgehead atoms. The van der Waals surface area contributed by atoms with Crippen molar-refractivity contribution >= 4 is 10.1 Å². The Morgan fingerprint density at radius 1 is 0.833 bits per heavy atom. The summed E-state index contributed by atoms with van der Waals surface area (Å²) >= 11 is 0. The van der Waals surface area contributed by atoms with Crippen molar-refractivity contribution in [3.05, 3.63) is 29.3 Å². The Morgan fingerprint density at radius 2 is 1.17 bits per heavy atom. The molecule has 3 nitrogen and oxygen atoms in total. The predicted molar refractivity (Wildman–Crippen MR) is 46.3 cm³/mol. The molecule has 0 amide bonds. The van der Waals surface area contributed by atoms with Crippen LogP contribution in [0.25, 0.3) is 0 Å². The first-order valence-corrected chi connectivity index (χ1v) is 5.53. The van der Waals surface area contributed by atoms with Crippen molar-refractivity contribution in [3.63, 3.8) is 0 Å². The fourth-order valence-electron chi connectivity index (χ4n) is 1.08. The molecule has 1 aromatic carbocycles. The molecule has 0 heterocycles. The molecule has 0 aliphatic carbocycles. The van der Waals surface area contributed by atoms with Crippen molar-refractivity contribution in [2.24, 2.45) is 0 Å². The first-order chi connectivity index (χ1) is 7.82. The molecule has 0 radical (unpaired) electrons. The lowest BCUT2D eigenvalue weighted by Gasteiger charge is -2.12. The number of alkyl halides is 6. The van der Waals surface area contributed by atoms with Crippen LogP contribution >= 0.6 is 0 Å². The van der Waals surface area contributed by atoms with Gasteiger partial charge in [-0.15, -0.1) is 0 Å². The van der Waals surface area contributed by atoms with Gasteiger partial charge in [0.25, 0.3) is 10.1 Å². The van der Waals surface area contributed by atoms with E-state index in [0.29, 0.717) is 0 Å². The highest BCUT2D eigenvalue weighted by Crippen LogP contribution is 2.37. The third-order valence-electron chi connectivity index (χ3n) is 1.86. The molecule has 0 saturated carbocycles. The SMILES string of the molecule is O=S(=O)(O)c1cc(C(F)(F)F)cc(C(F)(F)F)c1. The quantitative estimate of drug-likeness (QED) is 0.640. The van der Waals surface area contributed by atoms with Gasteiger partial charge in [-0.2, -0.15) is 34.8 Å². The van der Waals surface area contributed by atoms with Crippen LogP contribution in [0, 0.1) is 0 Å². The fraction of sp³-hybridized carbons (Fsp3) is 0.250. The maximum Gasteiger partial charge on any atom is 0.416 e. The van der Waals surface area contributed by atoms with Gasteiger partial charge in [-0.3, -0.25) is 4.55 Å². The lowest BCUT2D eigenvalue weighted by atomic mass is 10.1. The zero-order valence-corrected chi connectivity index (χ0v) is 8.99. The topological polar surface area (TPSA) is 54.4 Å². The summed E-state index contributed by atoms with van der Waals surface area (Å²) in [6.07, 6.45) is -10.3. The monoisotopic (exact) mass is 294 g/mol. The number of rotatable bonds is 1. The van der Waals surface area contributed by atoms with Gasteiger partial charge in [-0.1, -0.05) is 0 Å². The first-order valence-electron chi connectivity index (χ1n) is 4.09. The normalized spacial score (nSPS) is 13.7. The Labute approximate surface area is 96.8 Å². The average molecular weight is 294 g/mol. The molecule has 0 fully saturated rings. The average Bonchev–Trinajstić information content (AvgIpc) is 2.13. The van der Waals surface area contributed by atoms with Gasteiger partial charge in [-0.05, 0) is 18.2 Å². The molecule has 1 aromatic rings. The van der Waals surface area contributed by atoms with Crippen molar-refractivity contribution in [2.45, 2.75) is 17.2 Å². The van der Waals surface area contributed by atoms with Gasteiger partial charge in [0.1, 0.15) is 0 Å². The number of hydrogen-bond acceptors (Lipinski definition) is 2. The van der Waals surface area contributed by atoms with E-state index in [1.165, 1.54) is 0 Å². The van der Waals surface area contributed by atoms with Crippen LogP contribution in [0.1, 0.15) is 11.1 Å². The van der Waals surface area contributed by atoms with Gasteiger partial charge >= 0.3 is 12.4 Å². The van der Waals surface area contributed by atoms with Crippen LogP contribution in [0.5, 0.6) is 0 Å². The molecular formula is C8H4F6O3S. The molecule has 0 aliphatic heterocycles. The lowest BCUT2D eigenvalue weighted by molar-refractivity contribution is -0.143. The highest BCUT2D eigenvalue weighted by Gasteiger charge is 2.38. The van der Waals surface area contributed by atoms with Crippen molar-refractivity contribution in [2.75, 3.05) is 0 Å². The van der Waals surface area contributed by atoms with Crippen molar-refractivity contribution < 1.29 is 39.3 Å². The molecule has 18 heavy (non-hydrogen) atoms. The van der Waals surface area contributed by atoms with E-state index in [1.54, 1.807) is 0 Å². The second-order valence-corrected chi connectivity index (χ2v) is 4.64. The van der Waals surface area contributed by atoms with E-state index in [0.717, 1.165) is 0 Å². The summed E-state index contributed by atoms with van der Waals surface area (Å²) in [6.45, 7) is 0. The Morgan fingerprint density at radius 3 is 1.39 bits per heavy atom. The van der Waals surface area contributed by atoms with Crippen LogP contribution in [-0.2, 0) is 22.5 Å². The highest BCUT2D eigenvalue weighted by molar-refractivity contribution is 7.85. The van der Waals surface area contributed by atoms with Crippen molar-refractivity contribution in [1.82, 2.24) is 0 Å². The molecule has 0 saturated heterocycles. The van der Waals surface area contributed by atoms with Gasteiger partial charge in [-0.25, -0.2) is 0 Å². The number of benzene rings is 1. The van der Waals surface area contributed by atoms with Crippen LogP contribution in [0.4, 0.5) is 26.3 Å². The summed E-state index contributed by atoms with van der Waals surface area (Å²) in [6, 6.07) is -0.399. The predicted octanol–water partition coefficient (Wildman–Crippen LogP) is 2.97. The molecule has 0 aliphatic rings. The molecule has 1 rings (SSSR count). The summed E-state index contributed by atoms with van der Waals surface area (Å²) in [5.41, 5.74) is -3.63. The van der Waals surface area contributed by atoms with Gasteiger partial charge in [0.05, 0.1) is 16.0 Å². The lowest BCUT2D eigenvalue weighted by Crippen LogP contribution is -2.13. The Bertz CT molecular complexity index is 525. The third-order valence-corrected chi connectivity index (χ3v) is 2.69. The van der Waals surface area contributed by atoms with Crippen LogP contribution in [0.15, 0.2) is 23.1 Å². The van der Waals surface area contributed by atoms with Crippen LogP contribution in [0.2, 0.25) is 0 Å². The summed E-state index contributed by atoms with van der Waals surface area (Å²) in [5, 5.41) is 0. The summed E-state index contributed by atoms with van der Waals surface area (Å²) < 4.78 is 103. The molecule has 0 unspecified atom stereocenters. The van der Waals surface area contributed by atoms with E-state index in [9.17, 15) is 34.8 Å².